The van der Waals surface area contributed by atoms with Crippen LogP contribution in [-0.4, -0.2) is 51.9 Å². The molecule has 0 radical (unpaired) electrons. The number of aryl methyl sites for hydroxylation is 1. The summed E-state index contributed by atoms with van der Waals surface area (Å²) in [6, 6.07) is 11.9. The van der Waals surface area contributed by atoms with Crippen LogP contribution in [0.5, 0.6) is 0 Å². The Morgan fingerprint density at radius 3 is 2.48 bits per heavy atom. The molecule has 1 aliphatic carbocycles. The molecule has 2 aliphatic rings. The number of nitriles is 2. The molecular weight excluding hydrogens is 577 g/mol. The summed E-state index contributed by atoms with van der Waals surface area (Å²) in [6.07, 6.45) is -2.06. The van der Waals surface area contributed by atoms with Crippen molar-refractivity contribution in [1.82, 2.24) is 10.3 Å². The predicted molar refractivity (Wildman–Crippen MR) is 149 cm³/mol. The molecule has 1 aliphatic heterocycles. The molecule has 224 valence electrons. The Hall–Kier alpha value is -5.27. The van der Waals surface area contributed by atoms with Gasteiger partial charge >= 0.3 is 0 Å². The SMILES string of the molecule is Cc1ccccc1C(C(=O)NC1CC(F)(F)C1)N(C(=O)C1CC(O)C(=O)N1c1cc(C#N)ccn1)c1cc(F)cc(C#N)c1. The third-order valence-corrected chi connectivity index (χ3v) is 7.64. The number of hydrogen-bond acceptors (Lipinski definition) is 7. The summed E-state index contributed by atoms with van der Waals surface area (Å²) in [5.41, 5.74) is 0.521. The van der Waals surface area contributed by atoms with Crippen LogP contribution in [0.15, 0.2) is 60.8 Å². The fourth-order valence-electron chi connectivity index (χ4n) is 5.51. The van der Waals surface area contributed by atoms with E-state index in [1.807, 2.05) is 6.07 Å². The zero-order valence-corrected chi connectivity index (χ0v) is 23.2. The first-order chi connectivity index (χ1) is 20.9. The number of pyridine rings is 1. The Balaban J connectivity index is 1.67. The van der Waals surface area contributed by atoms with Crippen molar-refractivity contribution in [1.29, 1.82) is 10.5 Å². The van der Waals surface area contributed by atoms with E-state index in [1.54, 1.807) is 37.3 Å². The molecule has 3 aromatic rings. The second-order valence-electron chi connectivity index (χ2n) is 10.7. The maximum absolute atomic E-state index is 14.9. The molecule has 0 spiro atoms. The summed E-state index contributed by atoms with van der Waals surface area (Å²) < 4.78 is 42.2. The van der Waals surface area contributed by atoms with Crippen LogP contribution >= 0.6 is 0 Å². The molecule has 3 unspecified atom stereocenters. The van der Waals surface area contributed by atoms with Gasteiger partial charge in [-0.15, -0.1) is 0 Å². The molecule has 2 N–H and O–H groups in total. The summed E-state index contributed by atoms with van der Waals surface area (Å²) >= 11 is 0. The van der Waals surface area contributed by atoms with Gasteiger partial charge in [-0.05, 0) is 48.4 Å². The highest BCUT2D eigenvalue weighted by Gasteiger charge is 2.50. The first-order valence-electron chi connectivity index (χ1n) is 13.6. The number of aliphatic hydroxyl groups is 1. The van der Waals surface area contributed by atoms with E-state index < -0.39 is 73.0 Å². The van der Waals surface area contributed by atoms with E-state index in [2.05, 4.69) is 10.3 Å². The molecule has 13 heteroatoms. The van der Waals surface area contributed by atoms with Crippen LogP contribution in [-0.2, 0) is 14.4 Å². The smallest absolute Gasteiger partial charge is 0.257 e. The average Bonchev–Trinajstić information content (AvgIpc) is 3.28. The molecule has 1 saturated carbocycles. The molecule has 3 atom stereocenters. The molecule has 5 rings (SSSR count). The zero-order valence-electron chi connectivity index (χ0n) is 23.2. The lowest BCUT2D eigenvalue weighted by Gasteiger charge is -2.39. The van der Waals surface area contributed by atoms with Crippen molar-refractivity contribution in [3.63, 3.8) is 0 Å². The Morgan fingerprint density at radius 1 is 1.11 bits per heavy atom. The van der Waals surface area contributed by atoms with Gasteiger partial charge in [-0.2, -0.15) is 10.5 Å². The minimum atomic E-state index is -2.96. The fraction of sp³-hybridized carbons (Fsp3) is 0.290. The van der Waals surface area contributed by atoms with Crippen LogP contribution < -0.4 is 15.1 Å². The number of halogens is 3. The number of carbonyl (C=O) groups excluding carboxylic acids is 3. The first kappa shape index (κ1) is 30.2. The number of alkyl halides is 2. The van der Waals surface area contributed by atoms with Crippen LogP contribution in [0.1, 0.15) is 47.6 Å². The van der Waals surface area contributed by atoms with Gasteiger partial charge in [0.2, 0.25) is 5.91 Å². The summed E-state index contributed by atoms with van der Waals surface area (Å²) in [4.78, 5) is 47.6. The van der Waals surface area contributed by atoms with Gasteiger partial charge in [-0.1, -0.05) is 24.3 Å². The van der Waals surface area contributed by atoms with E-state index in [4.69, 9.17) is 0 Å². The van der Waals surface area contributed by atoms with Crippen molar-refractivity contribution in [2.75, 3.05) is 9.80 Å². The van der Waals surface area contributed by atoms with Gasteiger partial charge in [0.1, 0.15) is 29.8 Å². The van der Waals surface area contributed by atoms with E-state index in [-0.39, 0.29) is 28.2 Å². The second kappa shape index (κ2) is 11.8. The molecular formula is C31H25F3N6O4. The van der Waals surface area contributed by atoms with Crippen LogP contribution in [0.4, 0.5) is 24.7 Å². The van der Waals surface area contributed by atoms with Gasteiger partial charge in [0, 0.05) is 37.2 Å². The lowest BCUT2D eigenvalue weighted by Crippen LogP contribution is -2.56. The summed E-state index contributed by atoms with van der Waals surface area (Å²) in [6.45, 7) is 1.66. The van der Waals surface area contributed by atoms with Crippen LogP contribution in [0.3, 0.4) is 0 Å². The first-order valence-corrected chi connectivity index (χ1v) is 13.6. The van der Waals surface area contributed by atoms with Gasteiger partial charge in [0.05, 0.1) is 23.3 Å². The van der Waals surface area contributed by atoms with E-state index in [0.717, 1.165) is 21.9 Å². The summed E-state index contributed by atoms with van der Waals surface area (Å²) in [7, 11) is 0. The topological polar surface area (TPSA) is 150 Å². The number of anilines is 2. The van der Waals surface area contributed by atoms with E-state index in [1.165, 1.54) is 24.4 Å². The maximum Gasteiger partial charge on any atom is 0.257 e. The molecule has 2 aromatic carbocycles. The Bertz CT molecular complexity index is 1730. The van der Waals surface area contributed by atoms with Crippen molar-refractivity contribution in [3.05, 3.63) is 88.9 Å². The van der Waals surface area contributed by atoms with Crippen molar-refractivity contribution in [3.8, 4) is 12.1 Å². The minimum Gasteiger partial charge on any atom is -0.383 e. The minimum absolute atomic E-state index is 0.116. The predicted octanol–water partition coefficient (Wildman–Crippen LogP) is 3.43. The molecule has 2 heterocycles. The number of amides is 3. The number of rotatable bonds is 7. The third-order valence-electron chi connectivity index (χ3n) is 7.64. The van der Waals surface area contributed by atoms with E-state index in [9.17, 15) is 43.2 Å². The Kier molecular flexibility index (Phi) is 8.09. The molecule has 44 heavy (non-hydrogen) atoms. The molecule has 10 nitrogen and oxygen atoms in total. The Labute approximate surface area is 249 Å². The summed E-state index contributed by atoms with van der Waals surface area (Å²) in [5.74, 6) is -6.66. The zero-order chi connectivity index (χ0) is 31.8. The number of carbonyl (C=O) groups is 3. The monoisotopic (exact) mass is 602 g/mol. The summed E-state index contributed by atoms with van der Waals surface area (Å²) in [5, 5.41) is 32.0. The lowest BCUT2D eigenvalue weighted by atomic mass is 9.87. The number of nitrogens with zero attached hydrogens (tertiary/aromatic N) is 5. The highest BCUT2D eigenvalue weighted by molar-refractivity contribution is 6.12. The standard InChI is InChI=1S/C31H25F3N6O4/c1-17-4-2-3-5-23(17)27(28(42)38-21-13-31(33,34)14-21)39(22-9-19(16-36)8-20(32)11-22)29(43)24-12-25(41)30(44)40(24)26-10-18(15-35)6-7-37-26/h2-11,21,24-25,27,41H,12-14H2,1H3,(H,38,42). The quantitative estimate of drug-likeness (QED) is 0.421. The molecule has 1 saturated heterocycles. The van der Waals surface area contributed by atoms with Crippen LogP contribution in [0, 0.1) is 35.4 Å². The highest BCUT2D eigenvalue weighted by Crippen LogP contribution is 2.39. The fourth-order valence-corrected chi connectivity index (χ4v) is 5.51. The lowest BCUT2D eigenvalue weighted by molar-refractivity contribution is -0.133. The van der Waals surface area contributed by atoms with Gasteiger partial charge in [0.15, 0.2) is 0 Å². The van der Waals surface area contributed by atoms with Crippen molar-refractivity contribution in [2.45, 2.75) is 56.3 Å². The van der Waals surface area contributed by atoms with Crippen LogP contribution in [0.2, 0.25) is 0 Å². The molecule has 3 amide bonds. The average molecular weight is 603 g/mol. The molecule has 2 fully saturated rings. The Morgan fingerprint density at radius 2 is 1.82 bits per heavy atom. The normalized spacial score (nSPS) is 19.8. The highest BCUT2D eigenvalue weighted by atomic mass is 19.3. The number of aliphatic hydroxyl groups excluding tert-OH is 1. The molecule has 0 bridgehead atoms. The van der Waals surface area contributed by atoms with Gasteiger partial charge in [0.25, 0.3) is 17.7 Å². The van der Waals surface area contributed by atoms with E-state index in [0.29, 0.717) is 5.56 Å². The van der Waals surface area contributed by atoms with Crippen molar-refractivity contribution < 1.29 is 32.7 Å². The van der Waals surface area contributed by atoms with Crippen LogP contribution in [0.25, 0.3) is 0 Å². The third kappa shape index (κ3) is 5.82. The largest absolute Gasteiger partial charge is 0.383 e. The van der Waals surface area contributed by atoms with Crippen molar-refractivity contribution in [2.24, 2.45) is 0 Å². The van der Waals surface area contributed by atoms with E-state index >= 15 is 0 Å². The van der Waals surface area contributed by atoms with Gasteiger partial charge in [-0.25, -0.2) is 18.2 Å². The number of benzene rings is 2. The maximum atomic E-state index is 14.9. The number of nitrogens with one attached hydrogen (secondary N) is 1. The number of hydrogen-bond donors (Lipinski definition) is 2. The van der Waals surface area contributed by atoms with Gasteiger partial charge < -0.3 is 10.4 Å². The second-order valence-corrected chi connectivity index (χ2v) is 10.7. The number of aromatic nitrogens is 1. The van der Waals surface area contributed by atoms with Crippen molar-refractivity contribution >= 4 is 29.2 Å². The molecule has 1 aromatic heterocycles. The van der Waals surface area contributed by atoms with Gasteiger partial charge in [-0.3, -0.25) is 24.2 Å².